The molecule has 2 N–H and O–H groups in total. The Balaban J connectivity index is 1.97. The van der Waals surface area contributed by atoms with E-state index in [2.05, 4.69) is 10.1 Å². The van der Waals surface area contributed by atoms with E-state index in [4.69, 9.17) is 4.74 Å². The first-order valence-corrected chi connectivity index (χ1v) is 8.15. The summed E-state index contributed by atoms with van der Waals surface area (Å²) in [7, 11) is 0. The number of amides is 1. The highest BCUT2D eigenvalue weighted by Gasteiger charge is 2.32. The van der Waals surface area contributed by atoms with Gasteiger partial charge in [-0.3, -0.25) is 14.9 Å². The summed E-state index contributed by atoms with van der Waals surface area (Å²) in [5.41, 5.74) is -1.54. The number of hydrogen-bond acceptors (Lipinski definition) is 6. The molecule has 8 nitrogen and oxygen atoms in total. The average molecular weight is 414 g/mol. The number of ether oxygens (including phenoxy) is 2. The van der Waals surface area contributed by atoms with Crippen LogP contribution >= 0.6 is 0 Å². The normalized spacial score (nSPS) is 13.3. The van der Waals surface area contributed by atoms with Gasteiger partial charge in [-0.05, 0) is 50.2 Å². The van der Waals surface area contributed by atoms with E-state index in [1.165, 1.54) is 44.2 Å². The Hall–Kier alpha value is -3.34. The Labute approximate surface area is 163 Å². The van der Waals surface area contributed by atoms with Crippen LogP contribution in [0.25, 0.3) is 0 Å². The van der Waals surface area contributed by atoms with E-state index in [0.717, 1.165) is 12.1 Å². The van der Waals surface area contributed by atoms with Crippen molar-refractivity contribution < 1.29 is 37.5 Å². The summed E-state index contributed by atoms with van der Waals surface area (Å²) < 4.78 is 45.4. The molecule has 0 radical (unpaired) electrons. The van der Waals surface area contributed by atoms with Crippen molar-refractivity contribution in [3.8, 4) is 11.5 Å². The molecule has 2 aromatic rings. The Kier molecular flexibility index (Phi) is 6.32. The second-order valence-corrected chi connectivity index (χ2v) is 6.29. The van der Waals surface area contributed by atoms with Crippen molar-refractivity contribution in [3.05, 3.63) is 58.1 Å². The number of nitro groups is 1. The van der Waals surface area contributed by atoms with E-state index >= 15 is 0 Å². The molecule has 1 amide bonds. The van der Waals surface area contributed by atoms with Gasteiger partial charge in [0.25, 0.3) is 11.6 Å². The number of benzene rings is 2. The lowest BCUT2D eigenvalue weighted by Crippen LogP contribution is -2.45. The number of carbonyl (C=O) groups excluding carboxylic acids is 1. The average Bonchev–Trinajstić information content (AvgIpc) is 2.59. The van der Waals surface area contributed by atoms with Crippen LogP contribution in [0.1, 0.15) is 12.5 Å². The van der Waals surface area contributed by atoms with Crippen LogP contribution in [-0.2, 0) is 4.79 Å². The molecule has 2 rings (SSSR count). The summed E-state index contributed by atoms with van der Waals surface area (Å²) in [6, 6.07) is 8.35. The topological polar surface area (TPSA) is 111 Å². The summed E-state index contributed by atoms with van der Waals surface area (Å²) in [6.45, 7) is 2.19. The van der Waals surface area contributed by atoms with Crippen molar-refractivity contribution in [1.29, 1.82) is 0 Å². The minimum Gasteiger partial charge on any atom is -0.490 e. The van der Waals surface area contributed by atoms with Crippen LogP contribution in [0.2, 0.25) is 0 Å². The Morgan fingerprint density at radius 3 is 2.28 bits per heavy atom. The van der Waals surface area contributed by atoms with E-state index in [1.807, 2.05) is 0 Å². The molecule has 0 saturated carbocycles. The van der Waals surface area contributed by atoms with Crippen LogP contribution in [0.3, 0.4) is 0 Å². The van der Waals surface area contributed by atoms with Crippen molar-refractivity contribution in [2.45, 2.75) is 25.8 Å². The fourth-order valence-electron chi connectivity index (χ4n) is 2.23. The van der Waals surface area contributed by atoms with Gasteiger partial charge in [0, 0.05) is 17.3 Å². The zero-order chi connectivity index (χ0) is 21.8. The number of aryl methyl sites for hydroxylation is 1. The molecule has 0 fully saturated rings. The van der Waals surface area contributed by atoms with Crippen molar-refractivity contribution >= 4 is 17.3 Å². The summed E-state index contributed by atoms with van der Waals surface area (Å²) >= 11 is 0. The number of aliphatic hydroxyl groups is 1. The zero-order valence-corrected chi connectivity index (χ0v) is 15.3. The van der Waals surface area contributed by atoms with E-state index in [0.29, 0.717) is 5.56 Å². The molecule has 2 aromatic carbocycles. The first kappa shape index (κ1) is 22.0. The number of carbonyl (C=O) groups is 1. The van der Waals surface area contributed by atoms with Crippen molar-refractivity contribution in [1.82, 2.24) is 0 Å². The number of halogens is 3. The van der Waals surface area contributed by atoms with Crippen LogP contribution in [0.4, 0.5) is 24.5 Å². The van der Waals surface area contributed by atoms with Gasteiger partial charge in [0.1, 0.15) is 18.1 Å². The van der Waals surface area contributed by atoms with Gasteiger partial charge in [0.05, 0.1) is 4.92 Å². The first-order chi connectivity index (χ1) is 13.4. The molecule has 0 saturated heterocycles. The van der Waals surface area contributed by atoms with Gasteiger partial charge in [-0.15, -0.1) is 13.2 Å². The predicted molar refractivity (Wildman–Crippen MR) is 95.7 cm³/mol. The van der Waals surface area contributed by atoms with Gasteiger partial charge in [0.2, 0.25) is 0 Å². The van der Waals surface area contributed by atoms with Gasteiger partial charge in [-0.25, -0.2) is 0 Å². The third-order valence-electron chi connectivity index (χ3n) is 3.72. The minimum absolute atomic E-state index is 0.110. The summed E-state index contributed by atoms with van der Waals surface area (Å²) in [5.74, 6) is -1.16. The fourth-order valence-corrected chi connectivity index (χ4v) is 2.23. The maximum atomic E-state index is 12.3. The Morgan fingerprint density at radius 2 is 1.76 bits per heavy atom. The van der Waals surface area contributed by atoms with Gasteiger partial charge in [-0.1, -0.05) is 0 Å². The Morgan fingerprint density at radius 1 is 1.17 bits per heavy atom. The van der Waals surface area contributed by atoms with Crippen LogP contribution in [-0.4, -0.2) is 34.5 Å². The largest absolute Gasteiger partial charge is 0.573 e. The molecule has 0 spiro atoms. The summed E-state index contributed by atoms with van der Waals surface area (Å²) in [5, 5.41) is 23.6. The van der Waals surface area contributed by atoms with Crippen molar-refractivity contribution in [3.63, 3.8) is 0 Å². The molecule has 0 aromatic heterocycles. The van der Waals surface area contributed by atoms with Gasteiger partial charge in [-0.2, -0.15) is 0 Å². The van der Waals surface area contributed by atoms with Gasteiger partial charge >= 0.3 is 6.36 Å². The highest BCUT2D eigenvalue weighted by molar-refractivity contribution is 5.97. The highest BCUT2D eigenvalue weighted by Crippen LogP contribution is 2.26. The number of hydrogen-bond donors (Lipinski definition) is 2. The second-order valence-electron chi connectivity index (χ2n) is 6.29. The molecule has 0 heterocycles. The third kappa shape index (κ3) is 6.35. The number of alkyl halides is 3. The number of nitro benzene ring substituents is 1. The summed E-state index contributed by atoms with van der Waals surface area (Å²) in [6.07, 6.45) is -4.82. The SMILES string of the molecule is Cc1cc(NC(=O)C(C)(O)COc2ccc(OC(F)(F)F)cc2)ccc1[N+](=O)[O-]. The molecule has 0 aliphatic carbocycles. The van der Waals surface area contributed by atoms with Crippen LogP contribution < -0.4 is 14.8 Å². The monoisotopic (exact) mass is 414 g/mol. The van der Waals surface area contributed by atoms with Crippen LogP contribution in [0, 0.1) is 17.0 Å². The standard InChI is InChI=1S/C18H17F3N2O6/c1-11-9-12(3-8-15(11)23(26)27)22-16(24)17(2,25)10-28-13-4-6-14(7-5-13)29-18(19,20)21/h3-9,25H,10H2,1-2H3,(H,22,24). The maximum Gasteiger partial charge on any atom is 0.573 e. The number of nitrogens with one attached hydrogen (secondary N) is 1. The van der Waals surface area contributed by atoms with Crippen molar-refractivity contribution in [2.24, 2.45) is 0 Å². The summed E-state index contributed by atoms with van der Waals surface area (Å²) in [4.78, 5) is 22.5. The molecule has 1 unspecified atom stereocenters. The number of anilines is 1. The van der Waals surface area contributed by atoms with E-state index in [9.17, 15) is 33.2 Å². The minimum atomic E-state index is -4.82. The molecular formula is C18H17F3N2O6. The van der Waals surface area contributed by atoms with E-state index < -0.39 is 35.2 Å². The molecule has 11 heteroatoms. The lowest BCUT2D eigenvalue weighted by atomic mass is 10.1. The highest BCUT2D eigenvalue weighted by atomic mass is 19.4. The molecular weight excluding hydrogens is 397 g/mol. The molecule has 0 aliphatic rings. The predicted octanol–water partition coefficient (Wildman–Crippen LogP) is 3.57. The zero-order valence-electron chi connectivity index (χ0n) is 15.3. The van der Waals surface area contributed by atoms with Gasteiger partial charge in [0.15, 0.2) is 5.60 Å². The molecule has 0 aliphatic heterocycles. The smallest absolute Gasteiger partial charge is 0.490 e. The molecule has 156 valence electrons. The third-order valence-corrected chi connectivity index (χ3v) is 3.72. The fraction of sp³-hybridized carbons (Fsp3) is 0.278. The van der Waals surface area contributed by atoms with E-state index in [-0.39, 0.29) is 17.1 Å². The molecule has 0 bridgehead atoms. The van der Waals surface area contributed by atoms with Crippen molar-refractivity contribution in [2.75, 3.05) is 11.9 Å². The maximum absolute atomic E-state index is 12.3. The second kappa shape index (κ2) is 8.35. The van der Waals surface area contributed by atoms with Gasteiger partial charge < -0.3 is 19.9 Å². The Bertz CT molecular complexity index is 897. The first-order valence-electron chi connectivity index (χ1n) is 8.15. The quantitative estimate of drug-likeness (QED) is 0.529. The lowest BCUT2D eigenvalue weighted by molar-refractivity contribution is -0.385. The van der Waals surface area contributed by atoms with Crippen LogP contribution in [0.5, 0.6) is 11.5 Å². The lowest BCUT2D eigenvalue weighted by Gasteiger charge is -2.22. The number of rotatable bonds is 7. The molecule has 29 heavy (non-hydrogen) atoms. The number of nitrogens with zero attached hydrogens (tertiary/aromatic N) is 1. The van der Waals surface area contributed by atoms with E-state index in [1.54, 1.807) is 0 Å². The van der Waals surface area contributed by atoms with Crippen LogP contribution in [0.15, 0.2) is 42.5 Å². The molecule has 1 atom stereocenters.